The van der Waals surface area contributed by atoms with Crippen LogP contribution in [0.5, 0.6) is 11.5 Å². The molecule has 0 fully saturated rings. The van der Waals surface area contributed by atoms with Gasteiger partial charge in [-0.3, -0.25) is 14.5 Å². The number of phenolic OH excluding ortho intramolecular Hbond substituents is 1. The summed E-state index contributed by atoms with van der Waals surface area (Å²) in [5, 5.41) is 10.3. The molecule has 3 aromatic carbocycles. The van der Waals surface area contributed by atoms with Crippen LogP contribution in [-0.4, -0.2) is 18.1 Å². The number of phenols is 1. The van der Waals surface area contributed by atoms with E-state index in [2.05, 4.69) is 31.9 Å². The predicted molar refractivity (Wildman–Crippen MR) is 128 cm³/mol. The number of carbonyl (C=O) groups is 1. The monoisotopic (exact) mass is 573 g/mol. The van der Waals surface area contributed by atoms with Gasteiger partial charge >= 0.3 is 0 Å². The van der Waals surface area contributed by atoms with Gasteiger partial charge in [-0.15, -0.1) is 0 Å². The maximum absolute atomic E-state index is 13.9. The summed E-state index contributed by atoms with van der Waals surface area (Å²) in [6.07, 6.45) is 0. The second kappa shape index (κ2) is 8.00. The summed E-state index contributed by atoms with van der Waals surface area (Å²) in [5.41, 5.74) is 0.717. The van der Waals surface area contributed by atoms with E-state index in [0.717, 1.165) is 10.5 Å². The van der Waals surface area contributed by atoms with E-state index in [1.165, 1.54) is 24.1 Å². The Bertz CT molecular complexity index is 1500. The Balaban J connectivity index is 1.84. The first-order valence-corrected chi connectivity index (χ1v) is 11.3. The number of ether oxygens (including phenoxy) is 1. The fraction of sp³-hybridized carbons (Fsp3) is 0.0833. The number of carbonyl (C=O) groups excluding carboxylic acids is 1. The van der Waals surface area contributed by atoms with Crippen molar-refractivity contribution in [3.05, 3.63) is 96.5 Å². The predicted octanol–water partition coefficient (Wildman–Crippen LogP) is 5.92. The minimum absolute atomic E-state index is 0.0361. The normalized spacial score (nSPS) is 15.2. The Kier molecular flexibility index (Phi) is 5.25. The number of amides is 1. The molecule has 5 rings (SSSR count). The van der Waals surface area contributed by atoms with Gasteiger partial charge in [-0.25, -0.2) is 4.39 Å². The topological polar surface area (TPSA) is 80.0 Å². The van der Waals surface area contributed by atoms with Crippen LogP contribution in [0.1, 0.15) is 27.7 Å². The first-order chi connectivity index (χ1) is 15.8. The number of fused-ring (bicyclic) bond motifs is 2. The van der Waals surface area contributed by atoms with E-state index in [9.17, 15) is 19.1 Å². The average molecular weight is 575 g/mol. The van der Waals surface area contributed by atoms with Crippen LogP contribution < -0.4 is 15.1 Å². The zero-order chi connectivity index (χ0) is 23.4. The maximum atomic E-state index is 13.9. The van der Waals surface area contributed by atoms with Crippen LogP contribution in [0.3, 0.4) is 0 Å². The molecule has 0 saturated carbocycles. The van der Waals surface area contributed by atoms with Crippen molar-refractivity contribution < 1.29 is 23.4 Å². The number of benzene rings is 3. The molecule has 166 valence electrons. The summed E-state index contributed by atoms with van der Waals surface area (Å²) in [5.74, 6) is -1.17. The van der Waals surface area contributed by atoms with Crippen LogP contribution in [0.25, 0.3) is 11.0 Å². The molecule has 1 aliphatic rings. The van der Waals surface area contributed by atoms with Crippen LogP contribution in [0.4, 0.5) is 10.1 Å². The van der Waals surface area contributed by atoms with E-state index < -0.39 is 23.2 Å². The van der Waals surface area contributed by atoms with E-state index in [1.54, 1.807) is 36.4 Å². The lowest BCUT2D eigenvalue weighted by Crippen LogP contribution is -2.29. The van der Waals surface area contributed by atoms with E-state index in [-0.39, 0.29) is 33.8 Å². The van der Waals surface area contributed by atoms with Crippen LogP contribution in [0, 0.1) is 5.82 Å². The highest BCUT2D eigenvalue weighted by Crippen LogP contribution is 2.45. The number of halogens is 3. The van der Waals surface area contributed by atoms with Gasteiger partial charge in [0.1, 0.15) is 11.4 Å². The number of methoxy groups -OCH3 is 1. The Morgan fingerprint density at radius 1 is 1.06 bits per heavy atom. The molecule has 0 aliphatic carbocycles. The number of hydrogen-bond donors (Lipinski definition) is 1. The molecule has 4 aromatic rings. The quantitative estimate of drug-likeness (QED) is 0.328. The molecule has 1 aliphatic heterocycles. The van der Waals surface area contributed by atoms with Crippen molar-refractivity contribution in [2.45, 2.75) is 6.04 Å². The molecule has 9 heteroatoms. The molecule has 0 radical (unpaired) electrons. The van der Waals surface area contributed by atoms with Crippen molar-refractivity contribution in [1.82, 2.24) is 0 Å². The van der Waals surface area contributed by atoms with Gasteiger partial charge in [0, 0.05) is 10.2 Å². The van der Waals surface area contributed by atoms with Crippen molar-refractivity contribution in [3.8, 4) is 11.5 Å². The Morgan fingerprint density at radius 3 is 2.48 bits per heavy atom. The fourth-order valence-electron chi connectivity index (χ4n) is 4.04. The second-order valence-corrected chi connectivity index (χ2v) is 9.19. The van der Waals surface area contributed by atoms with Crippen molar-refractivity contribution in [2.75, 3.05) is 12.0 Å². The lowest BCUT2D eigenvalue weighted by molar-refractivity contribution is 0.0971. The molecule has 1 aromatic heterocycles. The van der Waals surface area contributed by atoms with Crippen LogP contribution in [0.15, 0.2) is 72.8 Å². The summed E-state index contributed by atoms with van der Waals surface area (Å²) in [6.45, 7) is 0. The van der Waals surface area contributed by atoms with Gasteiger partial charge in [-0.2, -0.15) is 0 Å². The molecule has 2 heterocycles. The lowest BCUT2D eigenvalue weighted by Gasteiger charge is -2.26. The number of nitrogens with zero attached hydrogens (tertiary/aromatic N) is 1. The SMILES string of the molecule is COc1cc(C2c3c(oc4ccc(F)cc4c3=O)C(=O)N2c2ccc(Br)cc2)cc(Br)c1O. The summed E-state index contributed by atoms with van der Waals surface area (Å²) in [7, 11) is 1.40. The fourth-order valence-corrected chi connectivity index (χ4v) is 4.76. The van der Waals surface area contributed by atoms with Gasteiger partial charge in [0.15, 0.2) is 16.9 Å². The molecule has 1 atom stereocenters. The molecule has 0 bridgehead atoms. The molecule has 0 saturated heterocycles. The standard InChI is InChI=1S/C24H14Br2FNO5/c1-32-18-9-11(8-16(26)22(18)30)20-19-21(29)15-10-13(27)4-7-17(15)33-23(19)24(31)28(20)14-5-2-12(25)3-6-14/h2-10,20,30H,1H3. The molecule has 0 spiro atoms. The van der Waals surface area contributed by atoms with Crippen LogP contribution >= 0.6 is 31.9 Å². The molecule has 1 N–H and O–H groups in total. The van der Waals surface area contributed by atoms with Gasteiger partial charge in [-0.05, 0) is 76.1 Å². The zero-order valence-corrected chi connectivity index (χ0v) is 20.1. The summed E-state index contributed by atoms with van der Waals surface area (Å²) in [6, 6.07) is 12.9. The number of rotatable bonds is 3. The van der Waals surface area contributed by atoms with Gasteiger partial charge in [0.2, 0.25) is 5.76 Å². The largest absolute Gasteiger partial charge is 0.503 e. The third kappa shape index (κ3) is 3.43. The number of aromatic hydroxyl groups is 1. The Morgan fingerprint density at radius 2 is 1.79 bits per heavy atom. The third-order valence-electron chi connectivity index (χ3n) is 5.52. The molecular weight excluding hydrogens is 561 g/mol. The first kappa shape index (κ1) is 21.7. The summed E-state index contributed by atoms with van der Waals surface area (Å²) < 4.78 is 26.2. The lowest BCUT2D eigenvalue weighted by atomic mass is 9.97. The Hall–Kier alpha value is -3.17. The van der Waals surface area contributed by atoms with E-state index in [0.29, 0.717) is 15.7 Å². The highest BCUT2D eigenvalue weighted by Gasteiger charge is 2.44. The Labute approximate surface area is 203 Å². The molecule has 6 nitrogen and oxygen atoms in total. The average Bonchev–Trinajstić information content (AvgIpc) is 3.09. The van der Waals surface area contributed by atoms with Crippen molar-refractivity contribution in [3.63, 3.8) is 0 Å². The zero-order valence-electron chi connectivity index (χ0n) is 16.9. The first-order valence-electron chi connectivity index (χ1n) is 9.72. The number of anilines is 1. The van der Waals surface area contributed by atoms with E-state index in [4.69, 9.17) is 9.15 Å². The van der Waals surface area contributed by atoms with Gasteiger partial charge in [0.05, 0.1) is 28.6 Å². The van der Waals surface area contributed by atoms with E-state index in [1.807, 2.05) is 0 Å². The molecule has 33 heavy (non-hydrogen) atoms. The van der Waals surface area contributed by atoms with Crippen LogP contribution in [-0.2, 0) is 0 Å². The van der Waals surface area contributed by atoms with Crippen LogP contribution in [0.2, 0.25) is 0 Å². The summed E-state index contributed by atoms with van der Waals surface area (Å²) >= 11 is 6.69. The minimum Gasteiger partial charge on any atom is -0.503 e. The molecule has 1 unspecified atom stereocenters. The van der Waals surface area contributed by atoms with E-state index >= 15 is 0 Å². The summed E-state index contributed by atoms with van der Waals surface area (Å²) in [4.78, 5) is 28.5. The second-order valence-electron chi connectivity index (χ2n) is 7.42. The van der Waals surface area contributed by atoms with Gasteiger partial charge in [0.25, 0.3) is 5.91 Å². The van der Waals surface area contributed by atoms with Crippen molar-refractivity contribution in [1.29, 1.82) is 0 Å². The third-order valence-corrected chi connectivity index (χ3v) is 6.66. The molecular formula is C24H14Br2FNO5. The maximum Gasteiger partial charge on any atom is 0.295 e. The minimum atomic E-state index is -0.900. The number of hydrogen-bond acceptors (Lipinski definition) is 5. The van der Waals surface area contributed by atoms with Gasteiger partial charge < -0.3 is 14.3 Å². The van der Waals surface area contributed by atoms with Crippen molar-refractivity contribution in [2.24, 2.45) is 0 Å². The highest BCUT2D eigenvalue weighted by atomic mass is 79.9. The molecule has 1 amide bonds. The highest BCUT2D eigenvalue weighted by molar-refractivity contribution is 9.10. The van der Waals surface area contributed by atoms with Crippen molar-refractivity contribution >= 4 is 54.4 Å². The van der Waals surface area contributed by atoms with Gasteiger partial charge in [-0.1, -0.05) is 15.9 Å². The smallest absolute Gasteiger partial charge is 0.295 e.